The molecule has 2 fully saturated rings. The maximum atomic E-state index is 13.0. The summed E-state index contributed by atoms with van der Waals surface area (Å²) in [6.07, 6.45) is 7.85. The van der Waals surface area contributed by atoms with Crippen LogP contribution in [0, 0.1) is 5.92 Å². The average Bonchev–Trinajstić information content (AvgIpc) is 3.49. The van der Waals surface area contributed by atoms with E-state index in [0.717, 1.165) is 48.5 Å². The number of halogens is 1. The molecule has 2 N–H and O–H groups in total. The van der Waals surface area contributed by atoms with Crippen molar-refractivity contribution in [2.24, 2.45) is 23.7 Å². The van der Waals surface area contributed by atoms with E-state index in [2.05, 4.69) is 21.3 Å². The third kappa shape index (κ3) is 4.16. The summed E-state index contributed by atoms with van der Waals surface area (Å²) in [7, 11) is 1.92. The first kappa shape index (κ1) is 22.8. The Hall–Kier alpha value is -2.97. The Morgan fingerprint density at radius 2 is 2.18 bits per heavy atom. The highest BCUT2D eigenvalue weighted by Gasteiger charge is 2.27. The van der Waals surface area contributed by atoms with Gasteiger partial charge in [0.25, 0.3) is 0 Å². The van der Waals surface area contributed by atoms with Crippen LogP contribution in [-0.4, -0.2) is 55.8 Å². The van der Waals surface area contributed by atoms with Gasteiger partial charge in [0.15, 0.2) is 11.6 Å². The third-order valence-electron chi connectivity index (χ3n) is 6.79. The van der Waals surface area contributed by atoms with Crippen LogP contribution in [0.15, 0.2) is 28.9 Å². The topological polar surface area (TPSA) is 94.3 Å². The predicted molar refractivity (Wildman–Crippen MR) is 136 cm³/mol. The van der Waals surface area contributed by atoms with E-state index < -0.39 is 0 Å². The summed E-state index contributed by atoms with van der Waals surface area (Å²) >= 11 is 6.50. The molecule has 1 saturated heterocycles. The van der Waals surface area contributed by atoms with Crippen LogP contribution < -0.4 is 5.73 Å². The van der Waals surface area contributed by atoms with Gasteiger partial charge in [0.2, 0.25) is 5.91 Å². The number of likely N-dealkylation sites (tertiary alicyclic amines) is 1. The van der Waals surface area contributed by atoms with Crippen LogP contribution in [0.5, 0.6) is 0 Å². The fraction of sp³-hybridized carbons (Fsp3) is 0.440. The highest BCUT2D eigenvalue weighted by Crippen LogP contribution is 2.38. The van der Waals surface area contributed by atoms with Crippen LogP contribution >= 0.6 is 11.6 Å². The molecule has 3 aromatic rings. The van der Waals surface area contributed by atoms with Crippen LogP contribution in [0.1, 0.15) is 38.3 Å². The first-order chi connectivity index (χ1) is 16.4. The van der Waals surface area contributed by atoms with E-state index in [0.29, 0.717) is 34.6 Å². The van der Waals surface area contributed by atoms with Gasteiger partial charge in [-0.25, -0.2) is 15.0 Å². The molecule has 0 unspecified atom stereocenters. The first-order valence-electron chi connectivity index (χ1n) is 11.8. The molecule has 34 heavy (non-hydrogen) atoms. The van der Waals surface area contributed by atoms with Crippen molar-refractivity contribution < 1.29 is 4.79 Å². The minimum absolute atomic E-state index is 0.0174. The summed E-state index contributed by atoms with van der Waals surface area (Å²) < 4.78 is 4.12. The summed E-state index contributed by atoms with van der Waals surface area (Å²) in [5.74, 6) is 1.97. The number of hydrogen-bond donors (Lipinski definition) is 1. The monoisotopic (exact) mass is 479 g/mol. The number of nitrogens with zero attached hydrogens (tertiary/aromatic N) is 6. The van der Waals surface area contributed by atoms with Crippen LogP contribution in [0.4, 0.5) is 5.82 Å². The number of aromatic nitrogens is 4. The molecule has 2 aliphatic rings. The molecular formula is C25H30ClN7O. The Balaban J connectivity index is 1.56. The second-order valence-corrected chi connectivity index (χ2v) is 9.86. The highest BCUT2D eigenvalue weighted by atomic mass is 35.5. The number of piperidine rings is 1. The Labute approximate surface area is 204 Å². The molecule has 0 aromatic carbocycles. The standard InChI is InChI=1S/C25H30ClN7O/c1-15(25(34)32-10-4-5-17(27)14-32)11-20-23(28-2)31(3)24(30-20)21-12-18-19(26)8-9-29-22(18)33(21)13-16-6-7-16/h8-9,11-12,16-17H,2,4-7,10,13-14,27H2,1,3H3/b15-11+/t17-/m1/s1. The minimum Gasteiger partial charge on any atom is -0.337 e. The second kappa shape index (κ2) is 9.00. The quantitative estimate of drug-likeness (QED) is 0.423. The van der Waals surface area contributed by atoms with E-state index >= 15 is 0 Å². The lowest BCUT2D eigenvalue weighted by Crippen LogP contribution is -2.45. The zero-order chi connectivity index (χ0) is 24.0. The van der Waals surface area contributed by atoms with Crippen molar-refractivity contribution in [3.8, 4) is 11.5 Å². The number of nitrogens with two attached hydrogens (primary N) is 1. The minimum atomic E-state index is -0.0174. The number of imidazole rings is 1. The van der Waals surface area contributed by atoms with Gasteiger partial charge in [-0.15, -0.1) is 0 Å². The molecule has 1 aliphatic heterocycles. The maximum Gasteiger partial charge on any atom is 0.249 e. The SMILES string of the molecule is C=Nc1c(/C=C(\C)C(=O)N2CCC[C@@H](N)C2)nc(-c2cc3c(Cl)ccnc3n2CC2CC2)n1C. The van der Waals surface area contributed by atoms with Crippen LogP contribution in [0.25, 0.3) is 28.6 Å². The zero-order valence-electron chi connectivity index (χ0n) is 19.7. The van der Waals surface area contributed by atoms with Crippen LogP contribution in [0.2, 0.25) is 5.02 Å². The van der Waals surface area contributed by atoms with E-state index in [1.807, 2.05) is 29.5 Å². The smallest absolute Gasteiger partial charge is 0.249 e. The molecular weight excluding hydrogens is 450 g/mol. The van der Waals surface area contributed by atoms with E-state index in [1.54, 1.807) is 18.3 Å². The Morgan fingerprint density at radius 1 is 1.38 bits per heavy atom. The molecule has 8 nitrogen and oxygen atoms in total. The Morgan fingerprint density at radius 3 is 2.88 bits per heavy atom. The van der Waals surface area contributed by atoms with Gasteiger partial charge in [-0.2, -0.15) is 0 Å². The summed E-state index contributed by atoms with van der Waals surface area (Å²) in [5.41, 5.74) is 9.08. The summed E-state index contributed by atoms with van der Waals surface area (Å²) in [5, 5.41) is 1.57. The first-order valence-corrected chi connectivity index (χ1v) is 12.2. The maximum absolute atomic E-state index is 13.0. The molecule has 0 bridgehead atoms. The summed E-state index contributed by atoms with van der Waals surface area (Å²) in [4.78, 5) is 28.6. The lowest BCUT2D eigenvalue weighted by Gasteiger charge is -2.31. The van der Waals surface area contributed by atoms with Gasteiger partial charge in [-0.1, -0.05) is 11.6 Å². The number of carbonyl (C=O) groups is 1. The van der Waals surface area contributed by atoms with Gasteiger partial charge in [0, 0.05) is 49.9 Å². The van der Waals surface area contributed by atoms with Crippen molar-refractivity contribution >= 4 is 47.2 Å². The highest BCUT2D eigenvalue weighted by molar-refractivity contribution is 6.35. The third-order valence-corrected chi connectivity index (χ3v) is 7.12. The van der Waals surface area contributed by atoms with Crippen molar-refractivity contribution in [3.63, 3.8) is 0 Å². The Bertz CT molecular complexity index is 1300. The normalized spacial score (nSPS) is 19.1. The number of fused-ring (bicyclic) bond motifs is 1. The van der Waals surface area contributed by atoms with Gasteiger partial charge < -0.3 is 19.8 Å². The van der Waals surface area contributed by atoms with Crippen LogP contribution in [-0.2, 0) is 18.4 Å². The van der Waals surface area contributed by atoms with Crippen molar-refractivity contribution in [3.05, 3.63) is 34.6 Å². The Kier molecular flexibility index (Phi) is 6.04. The molecule has 1 saturated carbocycles. The van der Waals surface area contributed by atoms with Gasteiger partial charge in [-0.3, -0.25) is 4.79 Å². The van der Waals surface area contributed by atoms with Gasteiger partial charge in [-0.05, 0) is 63.5 Å². The number of hydrogen-bond acceptors (Lipinski definition) is 5. The lowest BCUT2D eigenvalue weighted by molar-refractivity contribution is -0.128. The number of carbonyl (C=O) groups excluding carboxylic acids is 1. The summed E-state index contributed by atoms with van der Waals surface area (Å²) in [6, 6.07) is 3.88. The van der Waals surface area contributed by atoms with Crippen molar-refractivity contribution in [2.75, 3.05) is 13.1 Å². The molecule has 178 valence electrons. The second-order valence-electron chi connectivity index (χ2n) is 9.46. The largest absolute Gasteiger partial charge is 0.337 e. The van der Waals surface area contributed by atoms with Gasteiger partial charge in [0.05, 0.1) is 10.7 Å². The molecule has 5 rings (SSSR count). The van der Waals surface area contributed by atoms with Crippen molar-refractivity contribution in [1.82, 2.24) is 24.0 Å². The predicted octanol–water partition coefficient (Wildman–Crippen LogP) is 4.19. The van der Waals surface area contributed by atoms with E-state index in [-0.39, 0.29) is 11.9 Å². The lowest BCUT2D eigenvalue weighted by atomic mass is 10.1. The van der Waals surface area contributed by atoms with E-state index in [4.69, 9.17) is 22.3 Å². The van der Waals surface area contributed by atoms with Crippen molar-refractivity contribution in [2.45, 2.75) is 45.2 Å². The number of amides is 1. The summed E-state index contributed by atoms with van der Waals surface area (Å²) in [6.45, 7) is 7.75. The van der Waals surface area contributed by atoms with Gasteiger partial charge >= 0.3 is 0 Å². The molecule has 0 radical (unpaired) electrons. The van der Waals surface area contributed by atoms with Gasteiger partial charge in [0.1, 0.15) is 11.3 Å². The van der Waals surface area contributed by atoms with Crippen molar-refractivity contribution in [1.29, 1.82) is 0 Å². The number of aliphatic imine (C=N–C) groups is 1. The number of rotatable bonds is 6. The molecule has 1 atom stereocenters. The molecule has 1 amide bonds. The molecule has 1 aliphatic carbocycles. The zero-order valence-corrected chi connectivity index (χ0v) is 20.4. The molecule has 0 spiro atoms. The fourth-order valence-electron chi connectivity index (χ4n) is 4.78. The molecule has 3 aromatic heterocycles. The van der Waals surface area contributed by atoms with E-state index in [9.17, 15) is 4.79 Å². The van der Waals surface area contributed by atoms with Crippen LogP contribution in [0.3, 0.4) is 0 Å². The molecule has 4 heterocycles. The molecule has 9 heteroatoms. The fourth-order valence-corrected chi connectivity index (χ4v) is 4.98. The number of pyridine rings is 1. The van der Waals surface area contributed by atoms with E-state index in [1.165, 1.54) is 12.8 Å². The average molecular weight is 480 g/mol.